The fourth-order valence-electron chi connectivity index (χ4n) is 3.55. The van der Waals surface area contributed by atoms with E-state index in [0.717, 1.165) is 47.8 Å². The van der Waals surface area contributed by atoms with Crippen LogP contribution in [0.5, 0.6) is 0 Å². The summed E-state index contributed by atoms with van der Waals surface area (Å²) in [6.45, 7) is 7.73. The van der Waals surface area contributed by atoms with Crippen molar-refractivity contribution in [2.75, 3.05) is 26.2 Å². The van der Waals surface area contributed by atoms with E-state index in [9.17, 15) is 4.79 Å². The van der Waals surface area contributed by atoms with Gasteiger partial charge in [-0.15, -0.1) is 0 Å². The van der Waals surface area contributed by atoms with E-state index in [-0.39, 0.29) is 5.91 Å². The van der Waals surface area contributed by atoms with Gasteiger partial charge in [-0.2, -0.15) is 5.10 Å². The molecule has 0 bridgehead atoms. The van der Waals surface area contributed by atoms with E-state index >= 15 is 0 Å². The van der Waals surface area contributed by atoms with Crippen LogP contribution in [0, 0.1) is 13.8 Å². The van der Waals surface area contributed by atoms with Crippen LogP contribution in [0.25, 0.3) is 11.0 Å². The molecule has 1 aliphatic heterocycles. The van der Waals surface area contributed by atoms with E-state index in [0.29, 0.717) is 18.7 Å². The Morgan fingerprint density at radius 1 is 1.19 bits per heavy atom. The monoisotopic (exact) mass is 353 g/mol. The van der Waals surface area contributed by atoms with Gasteiger partial charge >= 0.3 is 0 Å². The summed E-state index contributed by atoms with van der Waals surface area (Å²) >= 11 is 0. The second-order valence-electron chi connectivity index (χ2n) is 6.85. The second kappa shape index (κ2) is 6.57. The molecule has 26 heavy (non-hydrogen) atoms. The van der Waals surface area contributed by atoms with E-state index in [1.165, 1.54) is 0 Å². The van der Waals surface area contributed by atoms with Crippen LogP contribution in [0.15, 0.2) is 28.9 Å². The van der Waals surface area contributed by atoms with Crippen molar-refractivity contribution < 1.29 is 9.21 Å². The molecule has 7 heteroatoms. The molecule has 0 radical (unpaired) electrons. The largest absolute Gasteiger partial charge is 0.468 e. The lowest BCUT2D eigenvalue weighted by atomic mass is 10.1. The highest BCUT2D eigenvalue weighted by Gasteiger charge is 2.25. The molecule has 1 fully saturated rings. The minimum absolute atomic E-state index is 0.0535. The summed E-state index contributed by atoms with van der Waals surface area (Å²) in [5.74, 6) is 1.01. The van der Waals surface area contributed by atoms with Crippen molar-refractivity contribution in [2.45, 2.75) is 20.4 Å². The van der Waals surface area contributed by atoms with Crippen molar-refractivity contribution in [2.24, 2.45) is 7.05 Å². The lowest BCUT2D eigenvalue weighted by Crippen LogP contribution is -2.48. The molecule has 136 valence electrons. The van der Waals surface area contributed by atoms with E-state index in [4.69, 9.17) is 4.42 Å². The average Bonchev–Trinajstić information content (AvgIpc) is 3.23. The number of carbonyl (C=O) groups is 1. The van der Waals surface area contributed by atoms with Crippen molar-refractivity contribution in [1.82, 2.24) is 24.6 Å². The Balaban J connectivity index is 1.49. The molecule has 0 atom stereocenters. The molecular formula is C19H23N5O2. The van der Waals surface area contributed by atoms with Gasteiger partial charge in [0.05, 0.1) is 29.8 Å². The number of rotatable bonds is 3. The average molecular weight is 353 g/mol. The highest BCUT2D eigenvalue weighted by molar-refractivity contribution is 5.98. The normalized spacial score (nSPS) is 15.7. The minimum atomic E-state index is 0.0535. The second-order valence-corrected chi connectivity index (χ2v) is 6.85. The van der Waals surface area contributed by atoms with Gasteiger partial charge in [-0.25, -0.2) is 4.98 Å². The number of amides is 1. The number of aryl methyl sites for hydroxylation is 3. The van der Waals surface area contributed by atoms with Crippen LogP contribution in [0.2, 0.25) is 0 Å². The van der Waals surface area contributed by atoms with Gasteiger partial charge in [0, 0.05) is 38.6 Å². The number of aromatic nitrogens is 3. The Morgan fingerprint density at radius 2 is 1.96 bits per heavy atom. The smallest absolute Gasteiger partial charge is 0.255 e. The highest BCUT2D eigenvalue weighted by atomic mass is 16.3. The SMILES string of the molecule is Cc1nc2c(cc1C(=O)N1CCN(Cc3ccco3)CC1)c(C)nn2C. The van der Waals surface area contributed by atoms with Crippen LogP contribution in [0.3, 0.4) is 0 Å². The third-order valence-electron chi connectivity index (χ3n) is 5.04. The molecule has 1 aliphatic rings. The van der Waals surface area contributed by atoms with Gasteiger partial charge in [-0.05, 0) is 32.0 Å². The van der Waals surface area contributed by atoms with Crippen LogP contribution in [0.1, 0.15) is 27.5 Å². The number of nitrogens with zero attached hydrogens (tertiary/aromatic N) is 5. The van der Waals surface area contributed by atoms with Gasteiger partial charge < -0.3 is 9.32 Å². The Kier molecular flexibility index (Phi) is 4.24. The van der Waals surface area contributed by atoms with Crippen LogP contribution in [-0.2, 0) is 13.6 Å². The zero-order valence-corrected chi connectivity index (χ0v) is 15.4. The van der Waals surface area contributed by atoms with Gasteiger partial charge in [0.25, 0.3) is 5.91 Å². The first-order valence-electron chi connectivity index (χ1n) is 8.88. The van der Waals surface area contributed by atoms with Gasteiger partial charge in [-0.3, -0.25) is 14.4 Å². The number of fused-ring (bicyclic) bond motifs is 1. The molecule has 3 aromatic heterocycles. The summed E-state index contributed by atoms with van der Waals surface area (Å²) in [6.07, 6.45) is 1.70. The van der Waals surface area contributed by atoms with Crippen LogP contribution in [-0.4, -0.2) is 56.7 Å². The Morgan fingerprint density at radius 3 is 2.65 bits per heavy atom. The Bertz CT molecular complexity index is 937. The number of carbonyl (C=O) groups excluding carboxylic acids is 1. The molecule has 0 saturated carbocycles. The minimum Gasteiger partial charge on any atom is -0.468 e. The molecule has 1 amide bonds. The summed E-state index contributed by atoms with van der Waals surface area (Å²) in [6, 6.07) is 5.83. The summed E-state index contributed by atoms with van der Waals surface area (Å²) < 4.78 is 7.17. The zero-order chi connectivity index (χ0) is 18.3. The fourth-order valence-corrected chi connectivity index (χ4v) is 3.55. The lowest BCUT2D eigenvalue weighted by molar-refractivity contribution is 0.0619. The van der Waals surface area contributed by atoms with Crippen molar-refractivity contribution in [3.05, 3.63) is 47.2 Å². The van der Waals surface area contributed by atoms with E-state index in [2.05, 4.69) is 15.0 Å². The first kappa shape index (κ1) is 16.8. The summed E-state index contributed by atoms with van der Waals surface area (Å²) in [4.78, 5) is 21.9. The quantitative estimate of drug-likeness (QED) is 0.722. The third kappa shape index (κ3) is 2.99. The van der Waals surface area contributed by atoms with Crippen molar-refractivity contribution in [3.63, 3.8) is 0 Å². The zero-order valence-electron chi connectivity index (χ0n) is 15.4. The van der Waals surface area contributed by atoms with Crippen LogP contribution < -0.4 is 0 Å². The van der Waals surface area contributed by atoms with Crippen LogP contribution >= 0.6 is 0 Å². The molecule has 0 N–H and O–H groups in total. The number of hydrogen-bond acceptors (Lipinski definition) is 5. The molecule has 0 aromatic carbocycles. The predicted molar refractivity (Wildman–Crippen MR) is 97.9 cm³/mol. The highest BCUT2D eigenvalue weighted by Crippen LogP contribution is 2.21. The third-order valence-corrected chi connectivity index (χ3v) is 5.04. The Hall–Kier alpha value is -2.67. The van der Waals surface area contributed by atoms with Gasteiger partial charge in [0.15, 0.2) is 5.65 Å². The molecule has 3 aromatic rings. The molecule has 4 rings (SSSR count). The summed E-state index contributed by atoms with van der Waals surface area (Å²) in [5, 5.41) is 5.35. The maximum atomic E-state index is 13.0. The van der Waals surface area contributed by atoms with E-state index < -0.39 is 0 Å². The molecule has 1 saturated heterocycles. The number of hydrogen-bond donors (Lipinski definition) is 0. The molecular weight excluding hydrogens is 330 g/mol. The molecule has 0 unspecified atom stereocenters. The van der Waals surface area contributed by atoms with Gasteiger partial charge in [0.1, 0.15) is 5.76 Å². The molecule has 7 nitrogen and oxygen atoms in total. The topological polar surface area (TPSA) is 67.4 Å². The van der Waals surface area contributed by atoms with Crippen LogP contribution in [0.4, 0.5) is 0 Å². The van der Waals surface area contributed by atoms with Crippen molar-refractivity contribution in [1.29, 1.82) is 0 Å². The molecule has 4 heterocycles. The van der Waals surface area contributed by atoms with Crippen molar-refractivity contribution in [3.8, 4) is 0 Å². The van der Waals surface area contributed by atoms with Gasteiger partial charge in [0.2, 0.25) is 0 Å². The first-order valence-corrected chi connectivity index (χ1v) is 8.88. The van der Waals surface area contributed by atoms with E-state index in [1.54, 1.807) is 10.9 Å². The van der Waals surface area contributed by atoms with Crippen molar-refractivity contribution >= 4 is 16.9 Å². The van der Waals surface area contributed by atoms with E-state index in [1.807, 2.05) is 44.0 Å². The number of piperazine rings is 1. The molecule has 0 spiro atoms. The summed E-state index contributed by atoms with van der Waals surface area (Å²) in [5.41, 5.74) is 3.14. The standard InChI is InChI=1S/C19H23N5O2/c1-13-17(11-16-14(2)21-22(3)18(16)20-13)19(25)24-8-6-23(7-9-24)12-15-5-4-10-26-15/h4-5,10-11H,6-9,12H2,1-3H3. The first-order chi connectivity index (χ1) is 12.5. The maximum absolute atomic E-state index is 13.0. The van der Waals surface area contributed by atoms with Gasteiger partial charge in [-0.1, -0.05) is 0 Å². The lowest BCUT2D eigenvalue weighted by Gasteiger charge is -2.34. The Labute approximate surface area is 152 Å². The maximum Gasteiger partial charge on any atom is 0.255 e. The summed E-state index contributed by atoms with van der Waals surface area (Å²) in [7, 11) is 1.88. The fraction of sp³-hybridized carbons (Fsp3) is 0.421. The number of furan rings is 1. The predicted octanol–water partition coefficient (Wildman–Crippen LogP) is 2.14. The number of pyridine rings is 1. The molecule has 0 aliphatic carbocycles.